The SMILES string of the molecule is CCN(C(=O)CN(C)S(=O)(=O)c1cccs1)c1nc2cc(Cl)ccc2s1. The van der Waals surface area contributed by atoms with E-state index in [1.807, 2.05) is 13.0 Å². The number of carbonyl (C=O) groups excluding carboxylic acids is 1. The van der Waals surface area contributed by atoms with Gasteiger partial charge < -0.3 is 0 Å². The number of hydrogen-bond donors (Lipinski definition) is 0. The highest BCUT2D eigenvalue weighted by Crippen LogP contribution is 2.30. The van der Waals surface area contributed by atoms with Crippen LogP contribution in [0, 0.1) is 0 Å². The van der Waals surface area contributed by atoms with Gasteiger partial charge in [-0.3, -0.25) is 9.69 Å². The number of benzene rings is 1. The van der Waals surface area contributed by atoms with Crippen molar-refractivity contribution >= 4 is 65.6 Å². The minimum absolute atomic E-state index is 0.213. The van der Waals surface area contributed by atoms with Gasteiger partial charge in [-0.05, 0) is 36.6 Å². The molecule has 3 rings (SSSR count). The number of halogens is 1. The van der Waals surface area contributed by atoms with Crippen molar-refractivity contribution in [3.63, 3.8) is 0 Å². The molecule has 0 unspecified atom stereocenters. The van der Waals surface area contributed by atoms with Crippen LogP contribution in [0.4, 0.5) is 5.13 Å². The Morgan fingerprint density at radius 1 is 1.31 bits per heavy atom. The molecular formula is C16H16ClN3O3S3. The van der Waals surface area contributed by atoms with Crippen molar-refractivity contribution in [2.24, 2.45) is 0 Å². The van der Waals surface area contributed by atoms with Crippen LogP contribution >= 0.6 is 34.3 Å². The van der Waals surface area contributed by atoms with E-state index in [0.717, 1.165) is 20.3 Å². The highest BCUT2D eigenvalue weighted by atomic mass is 35.5. The van der Waals surface area contributed by atoms with Gasteiger partial charge in [0.05, 0.1) is 16.8 Å². The van der Waals surface area contributed by atoms with Gasteiger partial charge in [0.2, 0.25) is 5.91 Å². The zero-order valence-electron chi connectivity index (χ0n) is 14.0. The summed E-state index contributed by atoms with van der Waals surface area (Å²) in [7, 11) is -2.27. The Kier molecular flexibility index (Phi) is 5.64. The van der Waals surface area contributed by atoms with Crippen molar-refractivity contribution < 1.29 is 13.2 Å². The first kappa shape index (κ1) is 19.2. The molecule has 138 valence electrons. The van der Waals surface area contributed by atoms with Crippen LogP contribution < -0.4 is 4.90 Å². The number of amides is 1. The lowest BCUT2D eigenvalue weighted by atomic mass is 10.3. The fourth-order valence-electron chi connectivity index (χ4n) is 2.35. The maximum Gasteiger partial charge on any atom is 0.252 e. The van der Waals surface area contributed by atoms with Crippen molar-refractivity contribution in [1.29, 1.82) is 0 Å². The van der Waals surface area contributed by atoms with Crippen LogP contribution in [0.2, 0.25) is 5.02 Å². The second kappa shape index (κ2) is 7.61. The first-order valence-corrected chi connectivity index (χ1v) is 11.2. The molecule has 0 spiro atoms. The van der Waals surface area contributed by atoms with Crippen LogP contribution in [0.15, 0.2) is 39.9 Å². The van der Waals surface area contributed by atoms with E-state index in [-0.39, 0.29) is 16.7 Å². The monoisotopic (exact) mass is 429 g/mol. The molecule has 10 heteroatoms. The maximum absolute atomic E-state index is 12.7. The molecular weight excluding hydrogens is 414 g/mol. The standard InChI is InChI=1S/C16H16ClN3O3S3/c1-3-20(16-18-12-9-11(17)6-7-13(12)25-16)14(21)10-19(2)26(22,23)15-5-4-8-24-15/h4-9H,3,10H2,1-2H3. The van der Waals surface area contributed by atoms with Crippen molar-refractivity contribution in [2.45, 2.75) is 11.1 Å². The Balaban J connectivity index is 1.82. The predicted molar refractivity (Wildman–Crippen MR) is 107 cm³/mol. The maximum atomic E-state index is 12.7. The highest BCUT2D eigenvalue weighted by Gasteiger charge is 2.27. The molecule has 0 bridgehead atoms. The smallest absolute Gasteiger partial charge is 0.252 e. The van der Waals surface area contributed by atoms with E-state index < -0.39 is 10.0 Å². The zero-order chi connectivity index (χ0) is 18.9. The molecule has 1 aromatic carbocycles. The van der Waals surface area contributed by atoms with Crippen LogP contribution in [-0.4, -0.2) is 43.8 Å². The normalized spacial score (nSPS) is 12.0. The summed E-state index contributed by atoms with van der Waals surface area (Å²) in [6.45, 7) is 1.95. The summed E-state index contributed by atoms with van der Waals surface area (Å²) in [5.74, 6) is -0.333. The summed E-state index contributed by atoms with van der Waals surface area (Å²) in [6.07, 6.45) is 0. The van der Waals surface area contributed by atoms with Crippen LogP contribution in [0.1, 0.15) is 6.92 Å². The second-order valence-electron chi connectivity index (χ2n) is 5.44. The largest absolute Gasteiger partial charge is 0.287 e. The van der Waals surface area contributed by atoms with Gasteiger partial charge in [-0.15, -0.1) is 11.3 Å². The average molecular weight is 430 g/mol. The van der Waals surface area contributed by atoms with Crippen LogP contribution in [0.3, 0.4) is 0 Å². The fourth-order valence-corrected chi connectivity index (χ4v) is 5.86. The van der Waals surface area contributed by atoms with E-state index in [0.29, 0.717) is 22.2 Å². The van der Waals surface area contributed by atoms with Gasteiger partial charge in [-0.2, -0.15) is 4.31 Å². The van der Waals surface area contributed by atoms with Crippen molar-refractivity contribution in [2.75, 3.05) is 25.0 Å². The van der Waals surface area contributed by atoms with E-state index in [1.165, 1.54) is 29.4 Å². The third kappa shape index (κ3) is 3.77. The summed E-state index contributed by atoms with van der Waals surface area (Å²) < 4.78 is 27.2. The first-order valence-electron chi connectivity index (χ1n) is 7.69. The number of fused-ring (bicyclic) bond motifs is 1. The predicted octanol–water partition coefficient (Wildman–Crippen LogP) is 3.68. The van der Waals surface area contributed by atoms with Gasteiger partial charge in [0, 0.05) is 18.6 Å². The number of thiophene rings is 1. The van der Waals surface area contributed by atoms with Gasteiger partial charge >= 0.3 is 0 Å². The fraction of sp³-hybridized carbons (Fsp3) is 0.250. The van der Waals surface area contributed by atoms with E-state index in [4.69, 9.17) is 11.6 Å². The van der Waals surface area contributed by atoms with Crippen molar-refractivity contribution in [3.8, 4) is 0 Å². The Bertz CT molecular complexity index is 1030. The summed E-state index contributed by atoms with van der Waals surface area (Å²) in [5.41, 5.74) is 0.711. The number of sulfonamides is 1. The molecule has 0 N–H and O–H groups in total. The Morgan fingerprint density at radius 2 is 2.08 bits per heavy atom. The second-order valence-corrected chi connectivity index (χ2v) is 10.1. The molecule has 1 amide bonds. The molecule has 2 aromatic heterocycles. The van der Waals surface area contributed by atoms with Gasteiger partial charge in [-0.25, -0.2) is 13.4 Å². The lowest BCUT2D eigenvalue weighted by Crippen LogP contribution is -2.41. The van der Waals surface area contributed by atoms with E-state index in [9.17, 15) is 13.2 Å². The van der Waals surface area contributed by atoms with Gasteiger partial charge in [-0.1, -0.05) is 29.0 Å². The van der Waals surface area contributed by atoms with Gasteiger partial charge in [0.15, 0.2) is 5.13 Å². The minimum Gasteiger partial charge on any atom is -0.287 e. The molecule has 2 heterocycles. The molecule has 0 radical (unpaired) electrons. The topological polar surface area (TPSA) is 70.6 Å². The van der Waals surface area contributed by atoms with Crippen LogP contribution in [0.5, 0.6) is 0 Å². The number of nitrogens with zero attached hydrogens (tertiary/aromatic N) is 3. The number of rotatable bonds is 6. The van der Waals surface area contributed by atoms with Gasteiger partial charge in [0.1, 0.15) is 4.21 Å². The third-order valence-electron chi connectivity index (χ3n) is 3.70. The van der Waals surface area contributed by atoms with Crippen molar-refractivity contribution in [3.05, 3.63) is 40.7 Å². The van der Waals surface area contributed by atoms with E-state index in [1.54, 1.807) is 23.6 Å². The zero-order valence-corrected chi connectivity index (χ0v) is 17.3. The van der Waals surface area contributed by atoms with Crippen LogP contribution in [-0.2, 0) is 14.8 Å². The molecule has 3 aromatic rings. The molecule has 0 aliphatic rings. The Hall–Kier alpha value is -1.52. The lowest BCUT2D eigenvalue weighted by Gasteiger charge is -2.21. The number of hydrogen-bond acceptors (Lipinski definition) is 6. The van der Waals surface area contributed by atoms with Gasteiger partial charge in [0.25, 0.3) is 10.0 Å². The third-order valence-corrected chi connectivity index (χ3v) is 8.17. The molecule has 0 saturated carbocycles. The molecule has 0 aliphatic heterocycles. The number of aromatic nitrogens is 1. The number of anilines is 1. The Morgan fingerprint density at radius 3 is 2.73 bits per heavy atom. The molecule has 6 nitrogen and oxygen atoms in total. The number of carbonyl (C=O) groups is 1. The van der Waals surface area contributed by atoms with E-state index in [2.05, 4.69) is 4.98 Å². The number of thiazole rings is 1. The molecule has 26 heavy (non-hydrogen) atoms. The van der Waals surface area contributed by atoms with E-state index >= 15 is 0 Å². The Labute approximate surface area is 164 Å². The molecule has 0 saturated heterocycles. The molecule has 0 atom stereocenters. The van der Waals surface area contributed by atoms with Crippen LogP contribution in [0.25, 0.3) is 10.2 Å². The summed E-state index contributed by atoms with van der Waals surface area (Å²) in [6, 6.07) is 8.55. The minimum atomic E-state index is -3.67. The summed E-state index contributed by atoms with van der Waals surface area (Å²) in [4.78, 5) is 18.7. The quantitative estimate of drug-likeness (QED) is 0.599. The summed E-state index contributed by atoms with van der Waals surface area (Å²) >= 11 is 8.48. The molecule has 0 fully saturated rings. The van der Waals surface area contributed by atoms with Crippen molar-refractivity contribution in [1.82, 2.24) is 9.29 Å². The average Bonchev–Trinajstić information content (AvgIpc) is 3.24. The molecule has 0 aliphatic carbocycles. The highest BCUT2D eigenvalue weighted by molar-refractivity contribution is 7.91. The lowest BCUT2D eigenvalue weighted by molar-refractivity contribution is -0.118. The number of likely N-dealkylation sites (N-methyl/N-ethyl adjacent to an activating group) is 2. The first-order chi connectivity index (χ1) is 12.3. The summed E-state index contributed by atoms with van der Waals surface area (Å²) in [5, 5.41) is 2.79.